The van der Waals surface area contributed by atoms with E-state index in [-0.39, 0.29) is 11.7 Å². The zero-order valence-electron chi connectivity index (χ0n) is 11.8. The number of alkyl halides is 2. The number of hydrogen-bond acceptors (Lipinski definition) is 2. The zero-order valence-corrected chi connectivity index (χ0v) is 11.8. The topological polar surface area (TPSA) is 29.5 Å². The van der Waals surface area contributed by atoms with Crippen LogP contribution in [-0.4, -0.2) is 19.1 Å². The number of rotatable bonds is 3. The highest BCUT2D eigenvalue weighted by molar-refractivity contribution is 6.06. The zero-order chi connectivity index (χ0) is 15.5. The average molecular weight is 303 g/mol. The number of benzene rings is 2. The van der Waals surface area contributed by atoms with Gasteiger partial charge in [0.1, 0.15) is 5.75 Å². The maximum atomic E-state index is 12.6. The molecule has 5 heteroatoms. The number of halogens is 2. The molecule has 1 aliphatic rings. The van der Waals surface area contributed by atoms with Crippen LogP contribution in [0.2, 0.25) is 0 Å². The fourth-order valence-corrected chi connectivity index (χ4v) is 2.68. The smallest absolute Gasteiger partial charge is 0.387 e. The van der Waals surface area contributed by atoms with Gasteiger partial charge in [-0.05, 0) is 48.7 Å². The molecule has 0 aromatic heterocycles. The van der Waals surface area contributed by atoms with Crippen molar-refractivity contribution in [2.75, 3.05) is 11.4 Å². The SMILES string of the molecule is O=C(c1ccc(OC(F)F)cc1)N1CCCc2ccccc21. The second-order valence-electron chi connectivity index (χ2n) is 5.09. The Bertz CT molecular complexity index is 671. The molecule has 3 rings (SSSR count). The van der Waals surface area contributed by atoms with Gasteiger partial charge in [0.05, 0.1) is 0 Å². The summed E-state index contributed by atoms with van der Waals surface area (Å²) in [4.78, 5) is 14.4. The molecule has 0 saturated heterocycles. The molecule has 22 heavy (non-hydrogen) atoms. The predicted molar refractivity (Wildman–Crippen MR) is 79.5 cm³/mol. The molecular formula is C17H15F2NO2. The van der Waals surface area contributed by atoms with Gasteiger partial charge in [-0.3, -0.25) is 4.79 Å². The third-order valence-corrected chi connectivity index (χ3v) is 3.68. The minimum Gasteiger partial charge on any atom is -0.435 e. The van der Waals surface area contributed by atoms with Crippen LogP contribution in [0.1, 0.15) is 22.3 Å². The number of aryl methyl sites for hydroxylation is 1. The number of nitrogens with zero attached hydrogens (tertiary/aromatic N) is 1. The van der Waals surface area contributed by atoms with Crippen molar-refractivity contribution in [1.82, 2.24) is 0 Å². The molecule has 0 aliphatic carbocycles. The highest BCUT2D eigenvalue weighted by Gasteiger charge is 2.23. The lowest BCUT2D eigenvalue weighted by Crippen LogP contribution is -2.35. The molecule has 0 unspecified atom stereocenters. The van der Waals surface area contributed by atoms with E-state index in [1.165, 1.54) is 24.3 Å². The van der Waals surface area contributed by atoms with Crippen LogP contribution < -0.4 is 9.64 Å². The van der Waals surface area contributed by atoms with Gasteiger partial charge >= 0.3 is 6.61 Å². The van der Waals surface area contributed by atoms with Crippen molar-refractivity contribution >= 4 is 11.6 Å². The predicted octanol–water partition coefficient (Wildman–Crippen LogP) is 3.88. The van der Waals surface area contributed by atoms with Crippen molar-refractivity contribution in [2.24, 2.45) is 0 Å². The van der Waals surface area contributed by atoms with Crippen molar-refractivity contribution in [1.29, 1.82) is 0 Å². The molecular weight excluding hydrogens is 288 g/mol. The number of carbonyl (C=O) groups is 1. The van der Waals surface area contributed by atoms with Crippen LogP contribution in [0.3, 0.4) is 0 Å². The van der Waals surface area contributed by atoms with Gasteiger partial charge in [0.2, 0.25) is 0 Å². The molecule has 2 aromatic rings. The van der Waals surface area contributed by atoms with Crippen LogP contribution in [-0.2, 0) is 6.42 Å². The molecule has 3 nitrogen and oxygen atoms in total. The van der Waals surface area contributed by atoms with E-state index < -0.39 is 6.61 Å². The molecule has 0 saturated carbocycles. The monoisotopic (exact) mass is 303 g/mol. The first-order valence-electron chi connectivity index (χ1n) is 7.10. The Hall–Kier alpha value is -2.43. The molecule has 0 fully saturated rings. The summed E-state index contributed by atoms with van der Waals surface area (Å²) in [6.07, 6.45) is 1.87. The first-order valence-corrected chi connectivity index (χ1v) is 7.10. The van der Waals surface area contributed by atoms with Crippen LogP contribution in [0, 0.1) is 0 Å². The van der Waals surface area contributed by atoms with Crippen molar-refractivity contribution in [3.63, 3.8) is 0 Å². The summed E-state index contributed by atoms with van der Waals surface area (Å²) in [7, 11) is 0. The Labute approximate surface area is 127 Å². The number of para-hydroxylation sites is 1. The second-order valence-corrected chi connectivity index (χ2v) is 5.09. The second kappa shape index (κ2) is 6.13. The van der Waals surface area contributed by atoms with Crippen molar-refractivity contribution in [3.8, 4) is 5.75 Å². The molecule has 1 aliphatic heterocycles. The summed E-state index contributed by atoms with van der Waals surface area (Å²) in [6, 6.07) is 13.6. The molecule has 0 bridgehead atoms. The highest BCUT2D eigenvalue weighted by atomic mass is 19.3. The number of fused-ring (bicyclic) bond motifs is 1. The van der Waals surface area contributed by atoms with Gasteiger partial charge in [-0.15, -0.1) is 0 Å². The van der Waals surface area contributed by atoms with Crippen LogP contribution in [0.4, 0.5) is 14.5 Å². The molecule has 0 N–H and O–H groups in total. The van der Waals surface area contributed by atoms with Crippen LogP contribution in [0.5, 0.6) is 5.75 Å². The van der Waals surface area contributed by atoms with Crippen LogP contribution >= 0.6 is 0 Å². The number of carbonyl (C=O) groups excluding carboxylic acids is 1. The van der Waals surface area contributed by atoms with Crippen molar-refractivity contribution in [3.05, 3.63) is 59.7 Å². The first kappa shape index (κ1) is 14.5. The summed E-state index contributed by atoms with van der Waals surface area (Å²) in [5.74, 6) is -0.0821. The number of ether oxygens (including phenoxy) is 1. The van der Waals surface area contributed by atoms with Crippen molar-refractivity contribution < 1.29 is 18.3 Å². The summed E-state index contributed by atoms with van der Waals surface area (Å²) in [6.45, 7) is -2.21. The molecule has 1 heterocycles. The number of amides is 1. The van der Waals surface area contributed by atoms with Crippen molar-refractivity contribution in [2.45, 2.75) is 19.5 Å². The first-order chi connectivity index (χ1) is 10.6. The molecule has 0 spiro atoms. The quantitative estimate of drug-likeness (QED) is 0.861. The summed E-state index contributed by atoms with van der Waals surface area (Å²) in [5, 5.41) is 0. The minimum atomic E-state index is -2.87. The summed E-state index contributed by atoms with van der Waals surface area (Å²) in [5.41, 5.74) is 2.53. The van der Waals surface area contributed by atoms with Gasteiger partial charge in [-0.25, -0.2) is 0 Å². The van der Waals surface area contributed by atoms with Gasteiger partial charge in [0.15, 0.2) is 0 Å². The Morgan fingerprint density at radius 3 is 2.55 bits per heavy atom. The Morgan fingerprint density at radius 2 is 1.82 bits per heavy atom. The fourth-order valence-electron chi connectivity index (χ4n) is 2.68. The lowest BCUT2D eigenvalue weighted by molar-refractivity contribution is -0.0498. The van der Waals surface area contributed by atoms with E-state index >= 15 is 0 Å². The third-order valence-electron chi connectivity index (χ3n) is 3.68. The number of hydrogen-bond donors (Lipinski definition) is 0. The molecule has 114 valence electrons. The Balaban J connectivity index is 1.83. The number of anilines is 1. The van der Waals surface area contributed by atoms with Gasteiger partial charge in [0.25, 0.3) is 5.91 Å². The lowest BCUT2D eigenvalue weighted by Gasteiger charge is -2.29. The molecule has 2 aromatic carbocycles. The fraction of sp³-hybridized carbons (Fsp3) is 0.235. The van der Waals surface area contributed by atoms with E-state index in [0.29, 0.717) is 12.1 Å². The highest BCUT2D eigenvalue weighted by Crippen LogP contribution is 2.28. The maximum absolute atomic E-state index is 12.6. The molecule has 1 amide bonds. The van der Waals surface area contributed by atoms with E-state index in [9.17, 15) is 13.6 Å². The van der Waals surface area contributed by atoms with Gasteiger partial charge in [-0.2, -0.15) is 8.78 Å². The summed E-state index contributed by atoms with van der Waals surface area (Å²) < 4.78 is 28.6. The van der Waals surface area contributed by atoms with Gasteiger partial charge in [0, 0.05) is 17.8 Å². The van der Waals surface area contributed by atoms with E-state index in [2.05, 4.69) is 4.74 Å². The average Bonchev–Trinajstić information content (AvgIpc) is 2.54. The largest absolute Gasteiger partial charge is 0.435 e. The van der Waals surface area contributed by atoms with E-state index in [0.717, 1.165) is 24.1 Å². The summed E-state index contributed by atoms with van der Waals surface area (Å²) >= 11 is 0. The van der Waals surface area contributed by atoms with Crippen LogP contribution in [0.15, 0.2) is 48.5 Å². The Morgan fingerprint density at radius 1 is 1.09 bits per heavy atom. The normalized spacial score (nSPS) is 13.9. The molecule has 0 atom stereocenters. The van der Waals surface area contributed by atoms with E-state index in [1.807, 2.05) is 24.3 Å². The lowest BCUT2D eigenvalue weighted by atomic mass is 10.0. The Kier molecular flexibility index (Phi) is 4.04. The van der Waals surface area contributed by atoms with E-state index in [1.54, 1.807) is 4.90 Å². The minimum absolute atomic E-state index is 0.0468. The van der Waals surface area contributed by atoms with Gasteiger partial charge in [-0.1, -0.05) is 18.2 Å². The van der Waals surface area contributed by atoms with E-state index in [4.69, 9.17) is 0 Å². The van der Waals surface area contributed by atoms with Crippen LogP contribution in [0.25, 0.3) is 0 Å². The standard InChI is InChI=1S/C17H15F2NO2/c18-17(19)22-14-9-7-13(8-10-14)16(21)20-11-3-5-12-4-1-2-6-15(12)20/h1-2,4,6-10,17H,3,5,11H2. The third kappa shape index (κ3) is 2.93. The van der Waals surface area contributed by atoms with Gasteiger partial charge < -0.3 is 9.64 Å². The maximum Gasteiger partial charge on any atom is 0.387 e. The molecule has 0 radical (unpaired) electrons.